The van der Waals surface area contributed by atoms with Gasteiger partial charge in [-0.25, -0.2) is 5.43 Å². The minimum absolute atomic E-state index is 0.0330. The van der Waals surface area contributed by atoms with E-state index in [1.807, 2.05) is 6.92 Å². The van der Waals surface area contributed by atoms with Gasteiger partial charge >= 0.3 is 6.18 Å². The molecule has 4 atom stereocenters. The van der Waals surface area contributed by atoms with Crippen molar-refractivity contribution in [3.05, 3.63) is 46.7 Å². The number of hydrazine groups is 1. The van der Waals surface area contributed by atoms with Gasteiger partial charge in [-0.1, -0.05) is 26.0 Å². The lowest BCUT2D eigenvalue weighted by atomic mass is 9.65. The molecule has 0 bridgehead atoms. The molecule has 0 aromatic heterocycles. The average Bonchev–Trinajstić information content (AvgIpc) is 2.92. The molecule has 1 fully saturated rings. The third-order valence-electron chi connectivity index (χ3n) is 5.97. The molecule has 27 heavy (non-hydrogen) atoms. The topological polar surface area (TPSA) is 53.2 Å². The molecule has 1 saturated heterocycles. The van der Waals surface area contributed by atoms with Gasteiger partial charge in [-0.05, 0) is 36.5 Å². The molecule has 0 spiro atoms. The average molecular weight is 379 g/mol. The van der Waals surface area contributed by atoms with E-state index in [1.165, 1.54) is 12.1 Å². The number of alkyl halides is 3. The van der Waals surface area contributed by atoms with Crippen LogP contribution < -0.4 is 16.2 Å². The molecule has 1 aliphatic carbocycles. The first-order valence-electron chi connectivity index (χ1n) is 9.28. The number of nitrogens with one attached hydrogen (secondary N) is 3. The van der Waals surface area contributed by atoms with Crippen LogP contribution in [0.2, 0.25) is 0 Å². The van der Waals surface area contributed by atoms with Crippen molar-refractivity contribution in [2.45, 2.75) is 57.9 Å². The standard InChI is InChI=1S/C20H24F3N3O/c1-10-15-16(11-4-6-12(7-5-11)20(21,22)23)17-13(24-18(15)26-25-10)8-19(2,3)9-14(17)27/h4-7,10,15-16,18,24-26H,8-9H2,1-3H3. The number of carbonyl (C=O) groups is 1. The first-order valence-corrected chi connectivity index (χ1v) is 9.28. The zero-order valence-corrected chi connectivity index (χ0v) is 15.6. The van der Waals surface area contributed by atoms with Crippen LogP contribution in [0, 0.1) is 11.3 Å². The highest BCUT2D eigenvalue weighted by atomic mass is 19.4. The number of carbonyl (C=O) groups excluding carboxylic acids is 1. The molecule has 4 unspecified atom stereocenters. The third-order valence-corrected chi connectivity index (χ3v) is 5.97. The van der Waals surface area contributed by atoms with Crippen LogP contribution in [-0.4, -0.2) is 18.0 Å². The monoisotopic (exact) mass is 379 g/mol. The maximum Gasteiger partial charge on any atom is 0.416 e. The Bertz CT molecular complexity index is 798. The fourth-order valence-corrected chi connectivity index (χ4v) is 4.79. The summed E-state index contributed by atoms with van der Waals surface area (Å²) in [6.07, 6.45) is -3.22. The molecule has 4 nitrogen and oxygen atoms in total. The van der Waals surface area contributed by atoms with Gasteiger partial charge < -0.3 is 5.32 Å². The Morgan fingerprint density at radius 1 is 1.07 bits per heavy atom. The van der Waals surface area contributed by atoms with Gasteiger partial charge in [0, 0.05) is 35.6 Å². The molecule has 3 aliphatic rings. The first kappa shape index (κ1) is 18.5. The molecule has 7 heteroatoms. The van der Waals surface area contributed by atoms with Crippen LogP contribution in [0.4, 0.5) is 13.2 Å². The van der Waals surface area contributed by atoms with Crippen LogP contribution in [0.3, 0.4) is 0 Å². The van der Waals surface area contributed by atoms with E-state index in [0.29, 0.717) is 6.42 Å². The molecule has 0 saturated carbocycles. The number of benzene rings is 1. The van der Waals surface area contributed by atoms with Crippen LogP contribution >= 0.6 is 0 Å². The van der Waals surface area contributed by atoms with E-state index in [1.54, 1.807) is 0 Å². The van der Waals surface area contributed by atoms with Gasteiger partial charge in [-0.15, -0.1) is 0 Å². The van der Waals surface area contributed by atoms with Crippen molar-refractivity contribution >= 4 is 5.78 Å². The summed E-state index contributed by atoms with van der Waals surface area (Å²) >= 11 is 0. The van der Waals surface area contributed by atoms with Crippen LogP contribution in [0.5, 0.6) is 0 Å². The van der Waals surface area contributed by atoms with E-state index in [2.05, 4.69) is 30.0 Å². The van der Waals surface area contributed by atoms with E-state index < -0.39 is 11.7 Å². The summed E-state index contributed by atoms with van der Waals surface area (Å²) in [5, 5.41) is 3.47. The number of allylic oxidation sites excluding steroid dienone is 2. The minimum Gasteiger partial charge on any atom is -0.371 e. The zero-order chi connectivity index (χ0) is 19.6. The predicted molar refractivity (Wildman–Crippen MR) is 95.4 cm³/mol. The fraction of sp³-hybridized carbons (Fsp3) is 0.550. The normalized spacial score (nSPS) is 32.7. The Balaban J connectivity index is 1.80. The van der Waals surface area contributed by atoms with Gasteiger partial charge in [-0.2, -0.15) is 13.2 Å². The molecule has 3 N–H and O–H groups in total. The lowest BCUT2D eigenvalue weighted by molar-refractivity contribution is -0.137. The van der Waals surface area contributed by atoms with E-state index in [9.17, 15) is 18.0 Å². The predicted octanol–water partition coefficient (Wildman–Crippen LogP) is 3.47. The van der Waals surface area contributed by atoms with Gasteiger partial charge in [-0.3, -0.25) is 10.2 Å². The Hall–Kier alpha value is -1.86. The lowest BCUT2D eigenvalue weighted by Gasteiger charge is -2.44. The smallest absolute Gasteiger partial charge is 0.371 e. The number of fused-ring (bicyclic) bond motifs is 1. The molecular formula is C20H24F3N3O. The van der Waals surface area contributed by atoms with Gasteiger partial charge in [0.15, 0.2) is 5.78 Å². The van der Waals surface area contributed by atoms with E-state index in [4.69, 9.17) is 0 Å². The van der Waals surface area contributed by atoms with Crippen LogP contribution in [0.1, 0.15) is 50.7 Å². The largest absolute Gasteiger partial charge is 0.416 e. The summed E-state index contributed by atoms with van der Waals surface area (Å²) in [6.45, 7) is 6.16. The van der Waals surface area contributed by atoms with Gasteiger partial charge in [0.25, 0.3) is 0 Å². The summed E-state index contributed by atoms with van der Waals surface area (Å²) in [7, 11) is 0. The second-order valence-electron chi connectivity index (χ2n) is 8.71. The number of ketones is 1. The van der Waals surface area contributed by atoms with Crippen molar-refractivity contribution < 1.29 is 18.0 Å². The summed E-state index contributed by atoms with van der Waals surface area (Å²) in [5.41, 5.74) is 8.08. The second-order valence-corrected chi connectivity index (χ2v) is 8.71. The molecule has 4 rings (SSSR count). The van der Waals surface area contributed by atoms with E-state index in [-0.39, 0.29) is 35.2 Å². The highest BCUT2D eigenvalue weighted by Gasteiger charge is 2.49. The number of Topliss-reactive ketones (excluding diaryl/α,β-unsaturated/α-hetero) is 1. The van der Waals surface area contributed by atoms with Crippen molar-refractivity contribution in [1.29, 1.82) is 0 Å². The summed E-state index contributed by atoms with van der Waals surface area (Å²) in [6, 6.07) is 5.36. The van der Waals surface area contributed by atoms with Gasteiger partial charge in [0.2, 0.25) is 0 Å². The molecule has 0 amide bonds. The molecule has 2 heterocycles. The Morgan fingerprint density at radius 2 is 1.74 bits per heavy atom. The summed E-state index contributed by atoms with van der Waals surface area (Å²) < 4.78 is 38.9. The van der Waals surface area contributed by atoms with Crippen molar-refractivity contribution in [2.75, 3.05) is 0 Å². The van der Waals surface area contributed by atoms with Crippen molar-refractivity contribution in [2.24, 2.45) is 11.3 Å². The molecule has 0 radical (unpaired) electrons. The highest BCUT2D eigenvalue weighted by molar-refractivity contribution is 5.99. The number of hydrogen-bond acceptors (Lipinski definition) is 4. The van der Waals surface area contributed by atoms with Crippen molar-refractivity contribution in [3.63, 3.8) is 0 Å². The minimum atomic E-state index is -4.37. The van der Waals surface area contributed by atoms with E-state index >= 15 is 0 Å². The quantitative estimate of drug-likeness (QED) is 0.699. The second kappa shape index (κ2) is 6.07. The van der Waals surface area contributed by atoms with Crippen molar-refractivity contribution in [3.8, 4) is 0 Å². The maximum absolute atomic E-state index is 13.0. The Labute approximate surface area is 156 Å². The van der Waals surface area contributed by atoms with Gasteiger partial charge in [0.1, 0.15) is 0 Å². The fourth-order valence-electron chi connectivity index (χ4n) is 4.79. The number of hydrogen-bond donors (Lipinski definition) is 3. The molecule has 1 aromatic rings. The summed E-state index contributed by atoms with van der Waals surface area (Å²) in [4.78, 5) is 13.0. The third kappa shape index (κ3) is 3.17. The summed E-state index contributed by atoms with van der Waals surface area (Å²) in [5.74, 6) is -0.100. The number of halogens is 3. The van der Waals surface area contributed by atoms with E-state index in [0.717, 1.165) is 35.4 Å². The lowest BCUT2D eigenvalue weighted by Crippen LogP contribution is -2.52. The first-order chi connectivity index (χ1) is 12.6. The molecule has 1 aromatic carbocycles. The Morgan fingerprint density at radius 3 is 2.37 bits per heavy atom. The molecule has 146 valence electrons. The van der Waals surface area contributed by atoms with Crippen LogP contribution in [0.15, 0.2) is 35.5 Å². The SMILES string of the molecule is CC1NNC2NC3=C(C(=O)CC(C)(C)C3)C(c3ccc(C(F)(F)F)cc3)C12. The maximum atomic E-state index is 13.0. The zero-order valence-electron chi connectivity index (χ0n) is 15.6. The van der Waals surface area contributed by atoms with Crippen LogP contribution in [-0.2, 0) is 11.0 Å². The Kier molecular flexibility index (Phi) is 4.16. The van der Waals surface area contributed by atoms with Crippen molar-refractivity contribution in [1.82, 2.24) is 16.2 Å². The van der Waals surface area contributed by atoms with Crippen LogP contribution in [0.25, 0.3) is 0 Å². The van der Waals surface area contributed by atoms with Gasteiger partial charge in [0.05, 0.1) is 11.7 Å². The highest BCUT2D eigenvalue weighted by Crippen LogP contribution is 2.48. The molecule has 2 aliphatic heterocycles. The number of rotatable bonds is 1. The molecular weight excluding hydrogens is 355 g/mol.